The van der Waals surface area contributed by atoms with Crippen LogP contribution in [0.2, 0.25) is 0 Å². The van der Waals surface area contributed by atoms with Crippen LogP contribution in [0.1, 0.15) is 44.1 Å². The molecule has 2 aliphatic rings. The zero-order chi connectivity index (χ0) is 15.4. The molecule has 1 atom stereocenters. The number of piperidine rings is 1. The van der Waals surface area contributed by atoms with E-state index in [-0.39, 0.29) is 0 Å². The van der Waals surface area contributed by atoms with E-state index in [9.17, 15) is 0 Å². The lowest BCUT2D eigenvalue weighted by molar-refractivity contribution is 0.248. The predicted molar refractivity (Wildman–Crippen MR) is 91.8 cm³/mol. The first-order valence-electron chi connectivity index (χ1n) is 8.53. The summed E-state index contributed by atoms with van der Waals surface area (Å²) in [5.74, 6) is 1.51. The van der Waals surface area contributed by atoms with Gasteiger partial charge in [-0.3, -0.25) is 0 Å². The van der Waals surface area contributed by atoms with E-state index in [1.54, 1.807) is 12.7 Å². The summed E-state index contributed by atoms with van der Waals surface area (Å²) in [6.45, 7) is 6.54. The largest absolute Gasteiger partial charge is 0.497 e. The van der Waals surface area contributed by atoms with Gasteiger partial charge < -0.3 is 9.64 Å². The van der Waals surface area contributed by atoms with Crippen LogP contribution in [0.15, 0.2) is 48.2 Å². The van der Waals surface area contributed by atoms with Gasteiger partial charge in [0.2, 0.25) is 0 Å². The molecule has 0 amide bonds. The normalized spacial score (nSPS) is 22.4. The molecule has 1 heterocycles. The Morgan fingerprint density at radius 2 is 2.00 bits per heavy atom. The molecule has 1 aliphatic heterocycles. The number of likely N-dealkylation sites (tertiary alicyclic amines) is 1. The summed E-state index contributed by atoms with van der Waals surface area (Å²) in [6.07, 6.45) is 10.3. The summed E-state index contributed by atoms with van der Waals surface area (Å²) in [5.41, 5.74) is 4.31. The van der Waals surface area contributed by atoms with Crippen LogP contribution >= 0.6 is 0 Å². The molecule has 0 spiro atoms. The van der Waals surface area contributed by atoms with Gasteiger partial charge >= 0.3 is 0 Å². The van der Waals surface area contributed by atoms with Crippen molar-refractivity contribution in [2.24, 2.45) is 5.92 Å². The van der Waals surface area contributed by atoms with E-state index in [1.807, 2.05) is 12.1 Å². The minimum Gasteiger partial charge on any atom is -0.497 e. The molecule has 0 saturated carbocycles. The molecular formula is C20H27NO. The molecular weight excluding hydrogens is 270 g/mol. The van der Waals surface area contributed by atoms with E-state index in [0.717, 1.165) is 18.8 Å². The highest BCUT2D eigenvalue weighted by Gasteiger charge is 2.26. The molecule has 3 rings (SSSR count). The van der Waals surface area contributed by atoms with Gasteiger partial charge in [-0.15, -0.1) is 0 Å². The third-order valence-electron chi connectivity index (χ3n) is 5.04. The molecule has 0 N–H and O–H groups in total. The maximum atomic E-state index is 5.24. The molecule has 1 aliphatic carbocycles. The van der Waals surface area contributed by atoms with Crippen LogP contribution in [-0.4, -0.2) is 18.6 Å². The number of ether oxygens (including phenoxy) is 1. The van der Waals surface area contributed by atoms with Crippen LogP contribution < -0.4 is 4.74 Å². The summed E-state index contributed by atoms with van der Waals surface area (Å²) in [7, 11) is 1.71. The van der Waals surface area contributed by atoms with Gasteiger partial charge in [-0.05, 0) is 56.2 Å². The second kappa shape index (κ2) is 7.04. The molecule has 0 bridgehead atoms. The molecule has 1 saturated heterocycles. The van der Waals surface area contributed by atoms with Gasteiger partial charge in [-0.1, -0.05) is 30.4 Å². The quantitative estimate of drug-likeness (QED) is 0.731. The Kier molecular flexibility index (Phi) is 4.87. The second-order valence-electron chi connectivity index (χ2n) is 6.48. The van der Waals surface area contributed by atoms with Crippen LogP contribution in [0.25, 0.3) is 0 Å². The van der Waals surface area contributed by atoms with Gasteiger partial charge in [-0.2, -0.15) is 0 Å². The molecule has 1 unspecified atom stereocenters. The number of hydrogen-bond acceptors (Lipinski definition) is 2. The third kappa shape index (κ3) is 3.37. The molecule has 1 aromatic rings. The number of nitrogens with zero attached hydrogens (tertiary/aromatic N) is 1. The van der Waals surface area contributed by atoms with E-state index in [0.29, 0.717) is 5.92 Å². The van der Waals surface area contributed by atoms with E-state index >= 15 is 0 Å². The van der Waals surface area contributed by atoms with Crippen molar-refractivity contribution >= 4 is 0 Å². The third-order valence-corrected chi connectivity index (χ3v) is 5.04. The Hall–Kier alpha value is -1.70. The molecule has 0 aromatic heterocycles. The smallest absolute Gasteiger partial charge is 0.118 e. The molecule has 0 radical (unpaired) electrons. The summed E-state index contributed by atoms with van der Waals surface area (Å²) in [5, 5.41) is 0. The number of methoxy groups -OCH3 is 1. The standard InChI is InChI=1S/C20H27NO/c1-16-20(18-7-4-3-5-8-18)9-6-14-21(16)15-17-10-12-19(22-2)13-11-17/h7,10-13,20H,1,3-6,8-9,14-15H2,2H3. The van der Waals surface area contributed by atoms with Crippen LogP contribution in [0.4, 0.5) is 0 Å². The summed E-state index contributed by atoms with van der Waals surface area (Å²) < 4.78 is 5.24. The number of rotatable bonds is 4. The number of benzene rings is 1. The number of hydrogen-bond donors (Lipinski definition) is 0. The minimum atomic E-state index is 0.590. The molecule has 118 valence electrons. The SMILES string of the molecule is C=C1C(C2=CCCCC2)CCCN1Cc1ccc(OC)cc1. The van der Waals surface area contributed by atoms with Gasteiger partial charge in [0, 0.05) is 24.7 Å². The molecule has 1 aromatic carbocycles. The molecule has 2 heteroatoms. The van der Waals surface area contributed by atoms with Gasteiger partial charge in [0.25, 0.3) is 0 Å². The first kappa shape index (κ1) is 15.2. The van der Waals surface area contributed by atoms with Crippen molar-refractivity contribution in [1.82, 2.24) is 4.90 Å². The monoisotopic (exact) mass is 297 g/mol. The van der Waals surface area contributed by atoms with E-state index in [2.05, 4.69) is 29.7 Å². The van der Waals surface area contributed by atoms with Crippen molar-refractivity contribution in [2.75, 3.05) is 13.7 Å². The van der Waals surface area contributed by atoms with Crippen LogP contribution in [0.5, 0.6) is 5.75 Å². The summed E-state index contributed by atoms with van der Waals surface area (Å²) >= 11 is 0. The summed E-state index contributed by atoms with van der Waals surface area (Å²) in [4.78, 5) is 2.48. The van der Waals surface area contributed by atoms with Crippen LogP contribution in [-0.2, 0) is 6.54 Å². The van der Waals surface area contributed by atoms with Crippen molar-refractivity contribution in [1.29, 1.82) is 0 Å². The van der Waals surface area contributed by atoms with Crippen molar-refractivity contribution in [3.05, 3.63) is 53.8 Å². The fourth-order valence-electron chi connectivity index (χ4n) is 3.73. The highest BCUT2D eigenvalue weighted by Crippen LogP contribution is 2.36. The van der Waals surface area contributed by atoms with Crippen LogP contribution in [0, 0.1) is 5.92 Å². The highest BCUT2D eigenvalue weighted by atomic mass is 16.5. The Morgan fingerprint density at radius 1 is 1.18 bits per heavy atom. The molecule has 1 fully saturated rings. The Bertz CT molecular complexity index is 543. The van der Waals surface area contributed by atoms with Gasteiger partial charge in [-0.25, -0.2) is 0 Å². The average Bonchev–Trinajstić information content (AvgIpc) is 2.58. The lowest BCUT2D eigenvalue weighted by Crippen LogP contribution is -2.33. The average molecular weight is 297 g/mol. The highest BCUT2D eigenvalue weighted by molar-refractivity contribution is 5.28. The maximum Gasteiger partial charge on any atom is 0.118 e. The minimum absolute atomic E-state index is 0.590. The van der Waals surface area contributed by atoms with Crippen molar-refractivity contribution < 1.29 is 4.74 Å². The van der Waals surface area contributed by atoms with Crippen molar-refractivity contribution in [3.63, 3.8) is 0 Å². The van der Waals surface area contributed by atoms with Crippen molar-refractivity contribution in [2.45, 2.75) is 45.1 Å². The van der Waals surface area contributed by atoms with E-state index in [4.69, 9.17) is 4.74 Å². The van der Waals surface area contributed by atoms with E-state index in [1.165, 1.54) is 49.8 Å². The second-order valence-corrected chi connectivity index (χ2v) is 6.48. The Morgan fingerprint density at radius 3 is 2.68 bits per heavy atom. The molecule has 22 heavy (non-hydrogen) atoms. The Labute approximate surface area is 134 Å². The Balaban J connectivity index is 1.67. The first-order chi connectivity index (χ1) is 10.8. The fraction of sp³-hybridized carbons (Fsp3) is 0.500. The number of allylic oxidation sites excluding steroid dienone is 2. The lowest BCUT2D eigenvalue weighted by atomic mass is 9.82. The van der Waals surface area contributed by atoms with Crippen molar-refractivity contribution in [3.8, 4) is 5.75 Å². The van der Waals surface area contributed by atoms with Gasteiger partial charge in [0.15, 0.2) is 0 Å². The van der Waals surface area contributed by atoms with Gasteiger partial charge in [0.1, 0.15) is 5.75 Å². The predicted octanol–water partition coefficient (Wildman–Crippen LogP) is 4.92. The lowest BCUT2D eigenvalue weighted by Gasteiger charge is -2.38. The van der Waals surface area contributed by atoms with Crippen LogP contribution in [0.3, 0.4) is 0 Å². The molecule has 2 nitrogen and oxygen atoms in total. The summed E-state index contributed by atoms with van der Waals surface area (Å²) in [6, 6.07) is 8.41. The first-order valence-corrected chi connectivity index (χ1v) is 8.53. The topological polar surface area (TPSA) is 12.5 Å². The van der Waals surface area contributed by atoms with E-state index < -0.39 is 0 Å². The zero-order valence-electron chi connectivity index (χ0n) is 13.7. The fourth-order valence-corrected chi connectivity index (χ4v) is 3.73. The van der Waals surface area contributed by atoms with Gasteiger partial charge in [0.05, 0.1) is 7.11 Å². The zero-order valence-corrected chi connectivity index (χ0v) is 13.7. The maximum absolute atomic E-state index is 5.24.